The highest BCUT2D eigenvalue weighted by atomic mass is 35.5. The van der Waals surface area contributed by atoms with E-state index in [-0.39, 0.29) is 0 Å². The fraction of sp³-hybridized carbons (Fsp3) is 0.333. The molecule has 1 aromatic carbocycles. The van der Waals surface area contributed by atoms with Gasteiger partial charge in [0.25, 0.3) is 0 Å². The minimum atomic E-state index is 0.572. The van der Waals surface area contributed by atoms with Crippen LogP contribution in [0.5, 0.6) is 0 Å². The molecule has 1 aromatic rings. The normalized spacial score (nSPS) is 20.5. The topological polar surface area (TPSA) is 26.0 Å². The standard InChI is InChI=1S/C12H14ClNS/c13-9-6-7-12(11(14)8-9)15-10-4-2-1-3-5-10/h2,4,6-8,10H,1,3,5,14H2. The van der Waals surface area contributed by atoms with Gasteiger partial charge in [-0.25, -0.2) is 0 Å². The van der Waals surface area contributed by atoms with E-state index in [2.05, 4.69) is 12.2 Å². The van der Waals surface area contributed by atoms with Crippen molar-refractivity contribution >= 4 is 29.1 Å². The minimum Gasteiger partial charge on any atom is -0.398 e. The molecule has 15 heavy (non-hydrogen) atoms. The number of halogens is 1. The van der Waals surface area contributed by atoms with Crippen LogP contribution >= 0.6 is 23.4 Å². The molecule has 0 saturated heterocycles. The maximum Gasteiger partial charge on any atom is 0.0467 e. The van der Waals surface area contributed by atoms with Gasteiger partial charge in [0.05, 0.1) is 0 Å². The summed E-state index contributed by atoms with van der Waals surface area (Å²) in [7, 11) is 0. The maximum absolute atomic E-state index is 5.91. The molecule has 0 fully saturated rings. The Balaban J connectivity index is 2.09. The molecule has 0 bridgehead atoms. The number of thioether (sulfide) groups is 1. The predicted octanol–water partition coefficient (Wildman–Crippen LogP) is 4.12. The number of nitrogens with two attached hydrogens (primary N) is 1. The molecule has 1 aliphatic rings. The van der Waals surface area contributed by atoms with Gasteiger partial charge in [-0.15, -0.1) is 11.8 Å². The largest absolute Gasteiger partial charge is 0.398 e. The average molecular weight is 240 g/mol. The fourth-order valence-electron chi connectivity index (χ4n) is 1.67. The van der Waals surface area contributed by atoms with Crippen LogP contribution in [0.1, 0.15) is 19.3 Å². The first-order valence-electron chi connectivity index (χ1n) is 5.14. The molecule has 80 valence electrons. The zero-order valence-electron chi connectivity index (χ0n) is 8.45. The third-order valence-electron chi connectivity index (χ3n) is 2.46. The average Bonchev–Trinajstić information content (AvgIpc) is 2.24. The molecule has 1 atom stereocenters. The Labute approximate surface area is 99.7 Å². The maximum atomic E-state index is 5.91. The molecule has 1 nitrogen and oxygen atoms in total. The molecule has 0 amide bonds. The van der Waals surface area contributed by atoms with E-state index in [1.54, 1.807) is 0 Å². The first-order valence-corrected chi connectivity index (χ1v) is 6.40. The second kappa shape index (κ2) is 4.95. The van der Waals surface area contributed by atoms with Gasteiger partial charge in [0, 0.05) is 20.9 Å². The lowest BCUT2D eigenvalue weighted by atomic mass is 10.1. The highest BCUT2D eigenvalue weighted by molar-refractivity contribution is 8.00. The molecule has 2 N–H and O–H groups in total. The molecular formula is C12H14ClNS. The van der Waals surface area contributed by atoms with Gasteiger partial charge in [-0.1, -0.05) is 23.8 Å². The van der Waals surface area contributed by atoms with E-state index < -0.39 is 0 Å². The van der Waals surface area contributed by atoms with Crippen molar-refractivity contribution in [2.24, 2.45) is 0 Å². The monoisotopic (exact) mass is 239 g/mol. The summed E-state index contributed by atoms with van der Waals surface area (Å²) in [5, 5.41) is 1.28. The highest BCUT2D eigenvalue weighted by Crippen LogP contribution is 2.34. The van der Waals surface area contributed by atoms with Crippen molar-refractivity contribution in [1.82, 2.24) is 0 Å². The zero-order valence-corrected chi connectivity index (χ0v) is 10.0. The number of nitrogen functional groups attached to an aromatic ring is 1. The third kappa shape index (κ3) is 2.93. The molecule has 0 saturated carbocycles. The quantitative estimate of drug-likeness (QED) is 0.621. The summed E-state index contributed by atoms with van der Waals surface area (Å²) in [5.74, 6) is 0. The van der Waals surface area contributed by atoms with Crippen LogP contribution in [0.15, 0.2) is 35.2 Å². The third-order valence-corrected chi connectivity index (χ3v) is 4.02. The Morgan fingerprint density at radius 2 is 2.27 bits per heavy atom. The van der Waals surface area contributed by atoms with E-state index >= 15 is 0 Å². The summed E-state index contributed by atoms with van der Waals surface area (Å²) in [4.78, 5) is 1.14. The molecule has 1 unspecified atom stereocenters. The van der Waals surface area contributed by atoms with E-state index in [1.807, 2.05) is 30.0 Å². The number of allylic oxidation sites excluding steroid dienone is 1. The van der Waals surface area contributed by atoms with Crippen molar-refractivity contribution in [3.63, 3.8) is 0 Å². The van der Waals surface area contributed by atoms with Crippen LogP contribution in [0.4, 0.5) is 5.69 Å². The molecule has 0 heterocycles. The van der Waals surface area contributed by atoms with Crippen LogP contribution in [0.3, 0.4) is 0 Å². The number of anilines is 1. The minimum absolute atomic E-state index is 0.572. The van der Waals surface area contributed by atoms with Crippen molar-refractivity contribution in [3.8, 4) is 0 Å². The predicted molar refractivity (Wildman–Crippen MR) is 68.5 cm³/mol. The van der Waals surface area contributed by atoms with E-state index in [0.29, 0.717) is 10.3 Å². The van der Waals surface area contributed by atoms with Gasteiger partial charge < -0.3 is 5.73 Å². The SMILES string of the molecule is Nc1cc(Cl)ccc1SC1C=CCCC1. The van der Waals surface area contributed by atoms with Gasteiger partial charge in [-0.3, -0.25) is 0 Å². The molecular weight excluding hydrogens is 226 g/mol. The Bertz CT molecular complexity index is 376. The molecule has 2 rings (SSSR count). The van der Waals surface area contributed by atoms with Crippen LogP contribution in [-0.4, -0.2) is 5.25 Å². The lowest BCUT2D eigenvalue weighted by Gasteiger charge is -2.16. The summed E-state index contributed by atoms with van der Waals surface area (Å²) in [6.07, 6.45) is 8.27. The van der Waals surface area contributed by atoms with Crippen molar-refractivity contribution in [2.45, 2.75) is 29.4 Å². The van der Waals surface area contributed by atoms with E-state index in [0.717, 1.165) is 10.6 Å². The lowest BCUT2D eigenvalue weighted by molar-refractivity contribution is 0.741. The first-order chi connectivity index (χ1) is 7.25. The van der Waals surface area contributed by atoms with Crippen molar-refractivity contribution < 1.29 is 0 Å². The van der Waals surface area contributed by atoms with Gasteiger partial charge >= 0.3 is 0 Å². The molecule has 0 aromatic heterocycles. The summed E-state index contributed by atoms with van der Waals surface area (Å²) in [5.41, 5.74) is 6.69. The van der Waals surface area contributed by atoms with E-state index in [1.165, 1.54) is 19.3 Å². The Morgan fingerprint density at radius 1 is 1.40 bits per heavy atom. The second-order valence-electron chi connectivity index (χ2n) is 3.70. The van der Waals surface area contributed by atoms with Crippen molar-refractivity contribution in [2.75, 3.05) is 5.73 Å². The Hall–Kier alpha value is -0.600. The summed E-state index contributed by atoms with van der Waals surface area (Å²) >= 11 is 7.69. The van der Waals surface area contributed by atoms with E-state index in [9.17, 15) is 0 Å². The molecule has 0 radical (unpaired) electrons. The van der Waals surface area contributed by atoms with Gasteiger partial charge in [-0.2, -0.15) is 0 Å². The first kappa shape index (κ1) is 10.9. The summed E-state index contributed by atoms with van der Waals surface area (Å²) < 4.78 is 0. The van der Waals surface area contributed by atoms with Crippen LogP contribution in [0.2, 0.25) is 5.02 Å². The molecule has 1 aliphatic carbocycles. The molecule has 0 spiro atoms. The van der Waals surface area contributed by atoms with Crippen LogP contribution < -0.4 is 5.73 Å². The lowest BCUT2D eigenvalue weighted by Crippen LogP contribution is -2.02. The van der Waals surface area contributed by atoms with Crippen LogP contribution in [0.25, 0.3) is 0 Å². The zero-order chi connectivity index (χ0) is 10.7. The van der Waals surface area contributed by atoms with Gasteiger partial charge in [-0.05, 0) is 37.5 Å². The Kier molecular flexibility index (Phi) is 3.60. The van der Waals surface area contributed by atoms with Gasteiger partial charge in [0.1, 0.15) is 0 Å². The summed E-state index contributed by atoms with van der Waals surface area (Å²) in [6.45, 7) is 0. The number of hydrogen-bond acceptors (Lipinski definition) is 2. The van der Waals surface area contributed by atoms with Gasteiger partial charge in [0.2, 0.25) is 0 Å². The number of benzene rings is 1. The van der Waals surface area contributed by atoms with Crippen LogP contribution in [0, 0.1) is 0 Å². The second-order valence-corrected chi connectivity index (χ2v) is 5.41. The van der Waals surface area contributed by atoms with Crippen molar-refractivity contribution in [3.05, 3.63) is 35.4 Å². The highest BCUT2D eigenvalue weighted by Gasteiger charge is 2.11. The number of hydrogen-bond donors (Lipinski definition) is 1. The van der Waals surface area contributed by atoms with Gasteiger partial charge in [0.15, 0.2) is 0 Å². The molecule has 0 aliphatic heterocycles. The number of rotatable bonds is 2. The van der Waals surface area contributed by atoms with Crippen LogP contribution in [-0.2, 0) is 0 Å². The summed E-state index contributed by atoms with van der Waals surface area (Å²) in [6, 6.07) is 5.72. The molecule has 3 heteroatoms. The van der Waals surface area contributed by atoms with Crippen molar-refractivity contribution in [1.29, 1.82) is 0 Å². The Morgan fingerprint density at radius 3 is 2.93 bits per heavy atom. The smallest absolute Gasteiger partial charge is 0.0467 e. The fourth-order valence-corrected chi connectivity index (χ4v) is 2.99. The van der Waals surface area contributed by atoms with E-state index in [4.69, 9.17) is 17.3 Å².